The molecule has 3 nitrogen and oxygen atoms in total. The van der Waals surface area contributed by atoms with E-state index in [9.17, 15) is 21.8 Å². The number of benzene rings is 1. The van der Waals surface area contributed by atoms with Crippen LogP contribution in [-0.2, 0) is 14.7 Å². The van der Waals surface area contributed by atoms with Crippen LogP contribution < -0.4 is 0 Å². The third kappa shape index (κ3) is 1.59. The maximum atomic E-state index is 12.5. The molecule has 0 aliphatic heterocycles. The highest BCUT2D eigenvalue weighted by atomic mass is 32.2. The highest BCUT2D eigenvalue weighted by Gasteiger charge is 2.19. The lowest BCUT2D eigenvalue weighted by atomic mass is 10.3. The molecular weight excluding hydrogens is 190 g/mol. The lowest BCUT2D eigenvalue weighted by molar-refractivity contribution is 0.403. The molecule has 0 saturated carbocycles. The second kappa shape index (κ2) is 2.80. The Morgan fingerprint density at radius 1 is 1.17 bits per heavy atom. The normalized spacial score (nSPS) is 11.6. The van der Waals surface area contributed by atoms with Crippen molar-refractivity contribution in [3.8, 4) is 0 Å². The molecule has 1 aromatic carbocycles. The Bertz CT molecular complexity index is 399. The average Bonchev–Trinajstić information content (AvgIpc) is 1.92. The molecule has 0 aliphatic carbocycles. The number of hydrogen-bond acceptors (Lipinski definition) is 2. The van der Waals surface area contributed by atoms with Gasteiger partial charge in [0.1, 0.15) is 4.90 Å². The van der Waals surface area contributed by atoms with Gasteiger partial charge in [0.15, 0.2) is 11.6 Å². The summed E-state index contributed by atoms with van der Waals surface area (Å²) in [6, 6.07) is 2.38. The van der Waals surface area contributed by atoms with E-state index in [1.54, 1.807) is 0 Å². The van der Waals surface area contributed by atoms with Gasteiger partial charge >= 0.3 is 10.1 Å². The van der Waals surface area contributed by atoms with Gasteiger partial charge in [-0.25, -0.2) is 8.78 Å². The Morgan fingerprint density at radius 3 is 2.17 bits per heavy atom. The predicted molar refractivity (Wildman–Crippen MR) is 34.2 cm³/mol. The number of rotatable bonds is 1. The maximum Gasteiger partial charge on any atom is 0.327 e. The van der Waals surface area contributed by atoms with Crippen molar-refractivity contribution in [1.29, 1.82) is 0 Å². The summed E-state index contributed by atoms with van der Waals surface area (Å²) >= 11 is 0. The van der Waals surface area contributed by atoms with E-state index in [1.165, 1.54) is 0 Å². The number of halogens is 2. The topological polar surface area (TPSA) is 54.0 Å². The standard InChI is InChI=1S/C6H3F2O3S/c7-4-2-1-3-5(6(4)8)12(9,10)11/h1-3H. The molecule has 0 unspecified atom stereocenters. The first-order valence-corrected chi connectivity index (χ1v) is 4.23. The van der Waals surface area contributed by atoms with E-state index in [0.29, 0.717) is 6.07 Å². The van der Waals surface area contributed by atoms with Crippen LogP contribution in [-0.4, -0.2) is 8.42 Å². The van der Waals surface area contributed by atoms with E-state index < -0.39 is 26.6 Å². The third-order valence-corrected chi connectivity index (χ3v) is 2.04. The summed E-state index contributed by atoms with van der Waals surface area (Å²) in [4.78, 5) is -1.16. The van der Waals surface area contributed by atoms with Crippen molar-refractivity contribution in [2.24, 2.45) is 0 Å². The van der Waals surface area contributed by atoms with Crippen molar-refractivity contribution < 1.29 is 21.8 Å². The minimum Gasteiger partial charge on any atom is -0.204 e. The van der Waals surface area contributed by atoms with E-state index in [-0.39, 0.29) is 0 Å². The monoisotopic (exact) mass is 193 g/mol. The van der Waals surface area contributed by atoms with E-state index in [2.05, 4.69) is 0 Å². The Hall–Kier alpha value is -1.01. The lowest BCUT2D eigenvalue weighted by Gasteiger charge is -1.96. The van der Waals surface area contributed by atoms with Crippen LogP contribution in [0.25, 0.3) is 0 Å². The molecule has 12 heavy (non-hydrogen) atoms. The highest BCUT2D eigenvalue weighted by molar-refractivity contribution is 7.85. The van der Waals surface area contributed by atoms with Gasteiger partial charge < -0.3 is 0 Å². The molecule has 0 amide bonds. The molecule has 65 valence electrons. The van der Waals surface area contributed by atoms with Crippen molar-refractivity contribution in [2.75, 3.05) is 0 Å². The van der Waals surface area contributed by atoms with Crippen LogP contribution in [0.4, 0.5) is 8.78 Å². The van der Waals surface area contributed by atoms with Gasteiger partial charge in [0.2, 0.25) is 0 Å². The first kappa shape index (κ1) is 9.08. The maximum absolute atomic E-state index is 12.5. The van der Waals surface area contributed by atoms with Gasteiger partial charge in [0, 0.05) is 0 Å². The zero-order chi connectivity index (χ0) is 9.35. The molecule has 0 saturated heterocycles. The minimum atomic E-state index is -4.92. The molecule has 1 radical (unpaired) electrons. The molecule has 0 atom stereocenters. The van der Waals surface area contributed by atoms with Crippen LogP contribution in [0.1, 0.15) is 0 Å². The SMILES string of the molecule is [O]S(=O)(=O)c1cccc(F)c1F. The van der Waals surface area contributed by atoms with Crippen LogP contribution in [0.5, 0.6) is 0 Å². The first-order valence-electron chi connectivity index (χ1n) is 2.83. The third-order valence-electron chi connectivity index (χ3n) is 1.19. The molecule has 0 fully saturated rings. The van der Waals surface area contributed by atoms with Gasteiger partial charge in [-0.1, -0.05) is 10.6 Å². The Balaban J connectivity index is 3.47. The summed E-state index contributed by atoms with van der Waals surface area (Å²) in [6.07, 6.45) is 0. The van der Waals surface area contributed by atoms with Crippen LogP contribution >= 0.6 is 0 Å². The summed E-state index contributed by atoms with van der Waals surface area (Å²) in [5.41, 5.74) is 0. The zero-order valence-electron chi connectivity index (χ0n) is 5.62. The van der Waals surface area contributed by atoms with Crippen molar-refractivity contribution in [3.05, 3.63) is 29.8 Å². The summed E-state index contributed by atoms with van der Waals surface area (Å²) in [7, 11) is -4.92. The molecule has 1 aromatic rings. The molecule has 0 N–H and O–H groups in total. The van der Waals surface area contributed by atoms with Crippen molar-refractivity contribution in [1.82, 2.24) is 0 Å². The summed E-state index contributed by atoms with van der Waals surface area (Å²) < 4.78 is 55.6. The first-order chi connectivity index (χ1) is 5.43. The summed E-state index contributed by atoms with van der Waals surface area (Å²) in [6.45, 7) is 0. The van der Waals surface area contributed by atoms with Crippen LogP contribution in [0, 0.1) is 11.6 Å². The molecule has 0 heterocycles. The Kier molecular flexibility index (Phi) is 2.12. The fourth-order valence-electron chi connectivity index (χ4n) is 0.677. The van der Waals surface area contributed by atoms with Gasteiger partial charge in [0.05, 0.1) is 0 Å². The van der Waals surface area contributed by atoms with E-state index >= 15 is 0 Å². The van der Waals surface area contributed by atoms with Gasteiger partial charge in [-0.2, -0.15) is 8.42 Å². The van der Waals surface area contributed by atoms with Crippen LogP contribution in [0.3, 0.4) is 0 Å². The molecule has 6 heteroatoms. The molecule has 1 rings (SSSR count). The smallest absolute Gasteiger partial charge is 0.204 e. The second-order valence-electron chi connectivity index (χ2n) is 2.01. The van der Waals surface area contributed by atoms with Crippen molar-refractivity contribution in [2.45, 2.75) is 4.90 Å². The van der Waals surface area contributed by atoms with Gasteiger partial charge in [-0.3, -0.25) is 0 Å². The molecule has 0 aromatic heterocycles. The van der Waals surface area contributed by atoms with Crippen LogP contribution in [0.2, 0.25) is 0 Å². The summed E-state index contributed by atoms with van der Waals surface area (Å²) in [5, 5.41) is 0. The Labute approximate surface area is 67.4 Å². The Morgan fingerprint density at radius 2 is 1.75 bits per heavy atom. The van der Waals surface area contributed by atoms with E-state index in [4.69, 9.17) is 0 Å². The van der Waals surface area contributed by atoms with E-state index in [1.807, 2.05) is 0 Å². The van der Waals surface area contributed by atoms with Crippen molar-refractivity contribution >= 4 is 10.1 Å². The fraction of sp³-hybridized carbons (Fsp3) is 0. The average molecular weight is 193 g/mol. The summed E-state index contributed by atoms with van der Waals surface area (Å²) in [5.74, 6) is -2.99. The zero-order valence-corrected chi connectivity index (χ0v) is 6.44. The largest absolute Gasteiger partial charge is 0.327 e. The van der Waals surface area contributed by atoms with Gasteiger partial charge in [-0.15, -0.1) is 0 Å². The van der Waals surface area contributed by atoms with E-state index in [0.717, 1.165) is 12.1 Å². The lowest BCUT2D eigenvalue weighted by Crippen LogP contribution is -2.01. The van der Waals surface area contributed by atoms with Gasteiger partial charge in [-0.05, 0) is 12.1 Å². The quantitative estimate of drug-likeness (QED) is 0.670. The molecule has 0 bridgehead atoms. The predicted octanol–water partition coefficient (Wildman–Crippen LogP) is 1.08. The number of hydrogen-bond donors (Lipinski definition) is 0. The van der Waals surface area contributed by atoms with Gasteiger partial charge in [0.25, 0.3) is 0 Å². The molecular formula is C6H3F2O3S. The van der Waals surface area contributed by atoms with Crippen molar-refractivity contribution in [3.63, 3.8) is 0 Å². The fourth-order valence-corrected chi connectivity index (χ4v) is 1.24. The minimum absolute atomic E-state index is 0.709. The highest BCUT2D eigenvalue weighted by Crippen LogP contribution is 2.16. The molecule has 0 spiro atoms. The second-order valence-corrected chi connectivity index (χ2v) is 3.35. The molecule has 0 aliphatic rings. The van der Waals surface area contributed by atoms with Crippen LogP contribution in [0.15, 0.2) is 23.1 Å².